The van der Waals surface area contributed by atoms with Gasteiger partial charge in [-0.2, -0.15) is 0 Å². The summed E-state index contributed by atoms with van der Waals surface area (Å²) in [6, 6.07) is 0.414. The number of hydrogen-bond acceptors (Lipinski definition) is 3. The van der Waals surface area contributed by atoms with Crippen LogP contribution in [-0.4, -0.2) is 23.5 Å². The minimum atomic E-state index is 0.414. The summed E-state index contributed by atoms with van der Waals surface area (Å²) in [7, 11) is 2.21. The van der Waals surface area contributed by atoms with Gasteiger partial charge in [-0.05, 0) is 32.7 Å². The van der Waals surface area contributed by atoms with Gasteiger partial charge in [0.2, 0.25) is 0 Å². The van der Waals surface area contributed by atoms with Crippen LogP contribution < -0.4 is 0 Å². The second kappa shape index (κ2) is 6.17. The van der Waals surface area contributed by atoms with Gasteiger partial charge in [-0.3, -0.25) is 4.90 Å². The van der Waals surface area contributed by atoms with E-state index in [0.29, 0.717) is 11.9 Å². The summed E-state index contributed by atoms with van der Waals surface area (Å²) in [5.41, 5.74) is 1.01. The average molecular weight is 273 g/mol. The molecule has 2 rings (SSSR count). The van der Waals surface area contributed by atoms with Gasteiger partial charge in [0.15, 0.2) is 0 Å². The van der Waals surface area contributed by atoms with Crippen molar-refractivity contribution >= 4 is 22.9 Å². The summed E-state index contributed by atoms with van der Waals surface area (Å²) >= 11 is 7.52. The Labute approximate surface area is 113 Å². The Morgan fingerprint density at radius 3 is 2.82 bits per heavy atom. The van der Waals surface area contributed by atoms with Crippen LogP contribution in [0.15, 0.2) is 5.38 Å². The molecule has 0 amide bonds. The fraction of sp³-hybridized carbons (Fsp3) is 0.769. The zero-order valence-corrected chi connectivity index (χ0v) is 12.2. The van der Waals surface area contributed by atoms with Crippen molar-refractivity contribution in [2.75, 3.05) is 13.6 Å². The highest BCUT2D eigenvalue weighted by molar-refractivity contribution is 7.09. The molecule has 1 heterocycles. The Kier molecular flexibility index (Phi) is 4.83. The highest BCUT2D eigenvalue weighted by Crippen LogP contribution is 2.29. The third-order valence-corrected chi connectivity index (χ3v) is 5.08. The fourth-order valence-electron chi connectivity index (χ4n) is 2.52. The molecule has 0 aromatic carbocycles. The van der Waals surface area contributed by atoms with Crippen LogP contribution in [0.4, 0.5) is 0 Å². The highest BCUT2D eigenvalue weighted by atomic mass is 35.5. The van der Waals surface area contributed by atoms with Gasteiger partial charge < -0.3 is 0 Å². The molecule has 17 heavy (non-hydrogen) atoms. The molecule has 0 bridgehead atoms. The first-order chi connectivity index (χ1) is 8.20. The predicted molar refractivity (Wildman–Crippen MR) is 74.7 cm³/mol. The molecule has 1 atom stereocenters. The zero-order valence-electron chi connectivity index (χ0n) is 10.7. The van der Waals surface area contributed by atoms with Crippen molar-refractivity contribution in [2.24, 2.45) is 5.92 Å². The van der Waals surface area contributed by atoms with Gasteiger partial charge in [-0.25, -0.2) is 4.98 Å². The van der Waals surface area contributed by atoms with Crippen molar-refractivity contribution in [3.63, 3.8) is 0 Å². The number of halogens is 1. The van der Waals surface area contributed by atoms with Crippen molar-refractivity contribution in [1.82, 2.24) is 9.88 Å². The molecule has 1 aliphatic rings. The summed E-state index contributed by atoms with van der Waals surface area (Å²) < 4.78 is 0. The van der Waals surface area contributed by atoms with Crippen LogP contribution in [0, 0.1) is 5.92 Å². The Bertz CT molecular complexity index is 347. The second-order valence-corrected chi connectivity index (χ2v) is 6.23. The molecule has 0 aliphatic heterocycles. The molecule has 2 nitrogen and oxygen atoms in total. The summed E-state index contributed by atoms with van der Waals surface area (Å²) in [4.78, 5) is 7.01. The number of thiazole rings is 1. The number of alkyl halides is 1. The Balaban J connectivity index is 1.91. The molecule has 0 radical (unpaired) electrons. The maximum absolute atomic E-state index is 5.79. The molecule has 4 heteroatoms. The molecule has 1 fully saturated rings. The van der Waals surface area contributed by atoms with E-state index in [9.17, 15) is 0 Å². The van der Waals surface area contributed by atoms with E-state index in [0.717, 1.165) is 11.6 Å². The monoisotopic (exact) mass is 272 g/mol. The van der Waals surface area contributed by atoms with Gasteiger partial charge in [0.25, 0.3) is 0 Å². The lowest BCUT2D eigenvalue weighted by molar-refractivity contribution is 0.220. The van der Waals surface area contributed by atoms with Crippen molar-refractivity contribution in [1.29, 1.82) is 0 Å². The van der Waals surface area contributed by atoms with E-state index in [1.165, 1.54) is 37.2 Å². The molecule has 1 unspecified atom stereocenters. The second-order valence-electron chi connectivity index (χ2n) is 5.08. The van der Waals surface area contributed by atoms with Gasteiger partial charge >= 0.3 is 0 Å². The van der Waals surface area contributed by atoms with Crippen molar-refractivity contribution in [3.8, 4) is 0 Å². The normalized spacial score (nSPS) is 19.1. The lowest BCUT2D eigenvalue weighted by Crippen LogP contribution is -2.27. The molecule has 1 aromatic heterocycles. The van der Waals surface area contributed by atoms with E-state index in [1.54, 1.807) is 11.3 Å². The van der Waals surface area contributed by atoms with E-state index < -0.39 is 0 Å². The summed E-state index contributed by atoms with van der Waals surface area (Å²) in [6.45, 7) is 3.45. The first-order valence-corrected chi connectivity index (χ1v) is 7.82. The van der Waals surface area contributed by atoms with E-state index in [-0.39, 0.29) is 0 Å². The first-order valence-electron chi connectivity index (χ1n) is 6.41. The maximum atomic E-state index is 5.79. The Hall–Kier alpha value is -0.120. The molecule has 1 saturated carbocycles. The molecule has 96 valence electrons. The van der Waals surface area contributed by atoms with Crippen LogP contribution in [0.5, 0.6) is 0 Å². The Morgan fingerprint density at radius 2 is 2.24 bits per heavy atom. The van der Waals surface area contributed by atoms with E-state index >= 15 is 0 Å². The molecule has 0 N–H and O–H groups in total. The van der Waals surface area contributed by atoms with E-state index in [4.69, 9.17) is 11.6 Å². The zero-order chi connectivity index (χ0) is 12.3. The van der Waals surface area contributed by atoms with Gasteiger partial charge in [-0.15, -0.1) is 22.9 Å². The van der Waals surface area contributed by atoms with Crippen LogP contribution >= 0.6 is 22.9 Å². The largest absolute Gasteiger partial charge is 0.297 e. The first kappa shape index (κ1) is 13.3. The summed E-state index contributed by atoms with van der Waals surface area (Å²) in [5, 5.41) is 3.27. The van der Waals surface area contributed by atoms with Crippen molar-refractivity contribution in [3.05, 3.63) is 16.1 Å². The topological polar surface area (TPSA) is 16.1 Å². The maximum Gasteiger partial charge on any atom is 0.110 e. The van der Waals surface area contributed by atoms with Crippen molar-refractivity contribution < 1.29 is 0 Å². The number of nitrogens with zero attached hydrogens (tertiary/aromatic N) is 2. The SMILES string of the molecule is CC(c1nc(CCl)cs1)N(C)CC1CCCC1. The van der Waals surface area contributed by atoms with Gasteiger partial charge in [-0.1, -0.05) is 12.8 Å². The standard InChI is InChI=1S/C13H21ClN2S/c1-10(13-15-12(7-14)9-17-13)16(2)8-11-5-3-4-6-11/h9-11H,3-8H2,1-2H3. The van der Waals surface area contributed by atoms with Crippen LogP contribution in [0.25, 0.3) is 0 Å². The van der Waals surface area contributed by atoms with Crippen LogP contribution in [0.3, 0.4) is 0 Å². The van der Waals surface area contributed by atoms with E-state index in [1.807, 2.05) is 0 Å². The smallest absolute Gasteiger partial charge is 0.110 e. The molecular formula is C13H21ClN2S. The average Bonchev–Trinajstić information content (AvgIpc) is 2.98. The molecule has 1 aliphatic carbocycles. The molecule has 0 saturated heterocycles. The third kappa shape index (κ3) is 3.43. The van der Waals surface area contributed by atoms with Gasteiger partial charge in [0.1, 0.15) is 5.01 Å². The minimum absolute atomic E-state index is 0.414. The number of rotatable bonds is 5. The van der Waals surface area contributed by atoms with Gasteiger partial charge in [0, 0.05) is 11.9 Å². The van der Waals surface area contributed by atoms with Crippen LogP contribution in [-0.2, 0) is 5.88 Å². The third-order valence-electron chi connectivity index (χ3n) is 3.75. The molecular weight excluding hydrogens is 252 g/mol. The van der Waals surface area contributed by atoms with Crippen LogP contribution in [0.1, 0.15) is 49.4 Å². The summed E-state index contributed by atoms with van der Waals surface area (Å²) in [6.07, 6.45) is 5.64. The lowest BCUT2D eigenvalue weighted by Gasteiger charge is -2.25. The summed E-state index contributed by atoms with van der Waals surface area (Å²) in [5.74, 6) is 1.42. The predicted octanol–water partition coefficient (Wildman–Crippen LogP) is 4.06. The quantitative estimate of drug-likeness (QED) is 0.752. The number of aromatic nitrogens is 1. The van der Waals surface area contributed by atoms with Crippen molar-refractivity contribution in [2.45, 2.75) is 44.5 Å². The van der Waals surface area contributed by atoms with Gasteiger partial charge in [0.05, 0.1) is 17.6 Å². The highest BCUT2D eigenvalue weighted by Gasteiger charge is 2.21. The van der Waals surface area contributed by atoms with Crippen LogP contribution in [0.2, 0.25) is 0 Å². The molecule has 1 aromatic rings. The fourth-order valence-corrected chi connectivity index (χ4v) is 3.69. The van der Waals surface area contributed by atoms with E-state index in [2.05, 4.69) is 29.2 Å². The lowest BCUT2D eigenvalue weighted by atomic mass is 10.1. The minimum Gasteiger partial charge on any atom is -0.297 e. The number of hydrogen-bond donors (Lipinski definition) is 0. The molecule has 0 spiro atoms. The Morgan fingerprint density at radius 1 is 1.53 bits per heavy atom.